The molecule has 0 saturated heterocycles. The number of carboxylic acids is 1. The van der Waals surface area contributed by atoms with E-state index in [0.717, 1.165) is 18.9 Å². The van der Waals surface area contributed by atoms with Crippen molar-refractivity contribution >= 4 is 12.0 Å². The van der Waals surface area contributed by atoms with Gasteiger partial charge in [0.25, 0.3) is 5.97 Å². The number of halogens is 1. The standard InChI is InChI=1S/C10H9F.C2H4O2/c1-7-4-8-2-3-10(11)6-9(8)5-7;1-2(3)4/h2-3,5-6H,4H2,1H3;1H3,(H,3,4). The molecule has 0 saturated carbocycles. The third-order valence-corrected chi connectivity index (χ3v) is 1.98. The molecule has 80 valence electrons. The first kappa shape index (κ1) is 11.4. The number of allylic oxidation sites excluding steroid dienone is 1. The van der Waals surface area contributed by atoms with Crippen LogP contribution in [0.3, 0.4) is 0 Å². The Morgan fingerprint density at radius 1 is 1.47 bits per heavy atom. The third kappa shape index (κ3) is 3.54. The molecule has 0 aliphatic heterocycles. The average Bonchev–Trinajstić information content (AvgIpc) is 2.42. The summed E-state index contributed by atoms with van der Waals surface area (Å²) in [5.41, 5.74) is 3.59. The minimum absolute atomic E-state index is 0.144. The molecule has 1 aromatic rings. The fraction of sp³-hybridized carbons (Fsp3) is 0.250. The quantitative estimate of drug-likeness (QED) is 0.711. The van der Waals surface area contributed by atoms with Crippen LogP contribution in [0.15, 0.2) is 23.8 Å². The lowest BCUT2D eigenvalue weighted by Crippen LogP contribution is -1.83. The minimum atomic E-state index is -0.833. The monoisotopic (exact) mass is 208 g/mol. The lowest BCUT2D eigenvalue weighted by molar-refractivity contribution is -0.134. The molecule has 2 nitrogen and oxygen atoms in total. The van der Waals surface area contributed by atoms with E-state index in [1.165, 1.54) is 17.2 Å². The van der Waals surface area contributed by atoms with Gasteiger partial charge in [0.15, 0.2) is 0 Å². The number of fused-ring (bicyclic) bond motifs is 1. The van der Waals surface area contributed by atoms with Crippen molar-refractivity contribution in [3.05, 3.63) is 40.7 Å². The highest BCUT2D eigenvalue weighted by molar-refractivity contribution is 5.63. The topological polar surface area (TPSA) is 37.3 Å². The molecule has 0 spiro atoms. The van der Waals surface area contributed by atoms with E-state index in [0.29, 0.717) is 0 Å². The Balaban J connectivity index is 0.000000245. The number of hydrogen-bond donors (Lipinski definition) is 1. The van der Waals surface area contributed by atoms with Gasteiger partial charge in [-0.1, -0.05) is 17.7 Å². The molecule has 2 rings (SSSR count). The second-order valence-corrected chi connectivity index (χ2v) is 3.53. The van der Waals surface area contributed by atoms with Crippen molar-refractivity contribution < 1.29 is 14.3 Å². The molecule has 0 amide bonds. The molecule has 0 heterocycles. The summed E-state index contributed by atoms with van der Waals surface area (Å²) >= 11 is 0. The fourth-order valence-electron chi connectivity index (χ4n) is 1.48. The number of carboxylic acid groups (broad SMARTS) is 1. The molecule has 15 heavy (non-hydrogen) atoms. The Labute approximate surface area is 88.1 Å². The lowest BCUT2D eigenvalue weighted by atomic mass is 10.1. The predicted octanol–water partition coefficient (Wildman–Crippen LogP) is 2.88. The van der Waals surface area contributed by atoms with Crippen molar-refractivity contribution in [3.63, 3.8) is 0 Å². The maximum Gasteiger partial charge on any atom is 0.300 e. The van der Waals surface area contributed by atoms with Gasteiger partial charge in [-0.3, -0.25) is 4.79 Å². The Kier molecular flexibility index (Phi) is 3.61. The smallest absolute Gasteiger partial charge is 0.300 e. The van der Waals surface area contributed by atoms with Crippen molar-refractivity contribution in [1.29, 1.82) is 0 Å². The average molecular weight is 208 g/mol. The van der Waals surface area contributed by atoms with Crippen LogP contribution in [-0.2, 0) is 11.2 Å². The van der Waals surface area contributed by atoms with Crippen molar-refractivity contribution in [2.75, 3.05) is 0 Å². The normalized spacial score (nSPS) is 12.3. The van der Waals surface area contributed by atoms with E-state index >= 15 is 0 Å². The molecule has 0 radical (unpaired) electrons. The van der Waals surface area contributed by atoms with Gasteiger partial charge in [0.1, 0.15) is 5.82 Å². The molecule has 0 aromatic heterocycles. The lowest BCUT2D eigenvalue weighted by Gasteiger charge is -1.96. The molecule has 1 aliphatic rings. The van der Waals surface area contributed by atoms with Gasteiger partial charge in [0.2, 0.25) is 0 Å². The van der Waals surface area contributed by atoms with Crippen LogP contribution in [-0.4, -0.2) is 11.1 Å². The highest BCUT2D eigenvalue weighted by Gasteiger charge is 2.08. The van der Waals surface area contributed by atoms with Crippen LogP contribution in [0.5, 0.6) is 0 Å². The summed E-state index contributed by atoms with van der Waals surface area (Å²) in [4.78, 5) is 9.00. The Morgan fingerprint density at radius 3 is 2.67 bits per heavy atom. The minimum Gasteiger partial charge on any atom is -0.481 e. The van der Waals surface area contributed by atoms with Crippen molar-refractivity contribution in [2.24, 2.45) is 0 Å². The van der Waals surface area contributed by atoms with Gasteiger partial charge >= 0.3 is 0 Å². The third-order valence-electron chi connectivity index (χ3n) is 1.98. The van der Waals surface area contributed by atoms with E-state index in [2.05, 4.69) is 6.92 Å². The summed E-state index contributed by atoms with van der Waals surface area (Å²) in [7, 11) is 0. The van der Waals surface area contributed by atoms with Crippen molar-refractivity contribution in [2.45, 2.75) is 20.3 Å². The number of benzene rings is 1. The number of aliphatic carboxylic acids is 1. The van der Waals surface area contributed by atoms with E-state index in [9.17, 15) is 4.39 Å². The second kappa shape index (κ2) is 4.73. The molecule has 3 heteroatoms. The van der Waals surface area contributed by atoms with E-state index < -0.39 is 5.97 Å². The first-order chi connectivity index (χ1) is 6.99. The highest BCUT2D eigenvalue weighted by atomic mass is 19.1. The van der Waals surface area contributed by atoms with E-state index in [-0.39, 0.29) is 5.82 Å². The molecule has 0 atom stereocenters. The maximum absolute atomic E-state index is 12.7. The zero-order valence-corrected chi connectivity index (χ0v) is 8.75. The van der Waals surface area contributed by atoms with Crippen LogP contribution in [0, 0.1) is 5.82 Å². The summed E-state index contributed by atoms with van der Waals surface area (Å²) in [5, 5.41) is 7.42. The van der Waals surface area contributed by atoms with Crippen LogP contribution in [0.2, 0.25) is 0 Å². The van der Waals surface area contributed by atoms with Crippen molar-refractivity contribution in [3.8, 4) is 0 Å². The first-order valence-corrected chi connectivity index (χ1v) is 4.64. The van der Waals surface area contributed by atoms with Gasteiger partial charge in [-0.15, -0.1) is 0 Å². The summed E-state index contributed by atoms with van der Waals surface area (Å²) in [6, 6.07) is 4.97. The molecule has 1 aliphatic carbocycles. The summed E-state index contributed by atoms with van der Waals surface area (Å²) in [5.74, 6) is -0.977. The number of carbonyl (C=O) groups is 1. The van der Waals surface area contributed by atoms with Gasteiger partial charge in [-0.25, -0.2) is 4.39 Å². The molecular formula is C12H13FO2. The Bertz CT molecular complexity index is 404. The molecule has 0 fully saturated rings. The largest absolute Gasteiger partial charge is 0.481 e. The van der Waals surface area contributed by atoms with E-state index in [4.69, 9.17) is 9.90 Å². The summed E-state index contributed by atoms with van der Waals surface area (Å²) in [6.45, 7) is 3.15. The van der Waals surface area contributed by atoms with E-state index in [1.54, 1.807) is 6.07 Å². The Hall–Kier alpha value is -1.64. The van der Waals surface area contributed by atoms with Crippen LogP contribution in [0.1, 0.15) is 25.0 Å². The number of rotatable bonds is 0. The molecule has 1 N–H and O–H groups in total. The van der Waals surface area contributed by atoms with Crippen LogP contribution in [0.25, 0.3) is 6.08 Å². The van der Waals surface area contributed by atoms with Gasteiger partial charge < -0.3 is 5.11 Å². The predicted molar refractivity (Wildman–Crippen MR) is 57.1 cm³/mol. The SMILES string of the molecule is CC(=O)O.CC1=Cc2cc(F)ccc2C1. The molecule has 0 bridgehead atoms. The summed E-state index contributed by atoms with van der Waals surface area (Å²) in [6.07, 6.45) is 3.02. The first-order valence-electron chi connectivity index (χ1n) is 4.64. The van der Waals surface area contributed by atoms with Crippen molar-refractivity contribution in [1.82, 2.24) is 0 Å². The summed E-state index contributed by atoms with van der Waals surface area (Å²) < 4.78 is 12.7. The fourth-order valence-corrected chi connectivity index (χ4v) is 1.48. The number of hydrogen-bond acceptors (Lipinski definition) is 1. The molecule has 0 unspecified atom stereocenters. The van der Waals surface area contributed by atoms with Gasteiger partial charge in [-0.05, 0) is 36.6 Å². The van der Waals surface area contributed by atoms with E-state index in [1.807, 2.05) is 12.1 Å². The highest BCUT2D eigenvalue weighted by Crippen LogP contribution is 2.24. The maximum atomic E-state index is 12.7. The van der Waals surface area contributed by atoms with Gasteiger partial charge in [-0.2, -0.15) is 0 Å². The molecular weight excluding hydrogens is 195 g/mol. The zero-order valence-electron chi connectivity index (χ0n) is 8.75. The van der Waals surface area contributed by atoms with Gasteiger partial charge in [0.05, 0.1) is 0 Å². The van der Waals surface area contributed by atoms with Crippen LogP contribution >= 0.6 is 0 Å². The van der Waals surface area contributed by atoms with Gasteiger partial charge in [0, 0.05) is 6.92 Å². The Morgan fingerprint density at radius 2 is 2.07 bits per heavy atom. The van der Waals surface area contributed by atoms with Crippen LogP contribution in [0.4, 0.5) is 4.39 Å². The zero-order chi connectivity index (χ0) is 11.4. The molecule has 1 aromatic carbocycles. The van der Waals surface area contributed by atoms with Crippen LogP contribution < -0.4 is 0 Å². The second-order valence-electron chi connectivity index (χ2n) is 3.53.